The quantitative estimate of drug-likeness (QED) is 0.419. The minimum absolute atomic E-state index is 0.182. The molecule has 0 spiro atoms. The summed E-state index contributed by atoms with van der Waals surface area (Å²) >= 11 is 0. The second-order valence-electron chi connectivity index (χ2n) is 11.4. The van der Waals surface area contributed by atoms with Crippen LogP contribution in [0.1, 0.15) is 73.3 Å². The number of aliphatic hydroxyl groups is 1. The molecule has 2 aromatic heterocycles. The van der Waals surface area contributed by atoms with Gasteiger partial charge in [-0.25, -0.2) is 0 Å². The largest absolute Gasteiger partial charge is 0.383 e. The highest BCUT2D eigenvalue weighted by atomic mass is 16.5. The van der Waals surface area contributed by atoms with Gasteiger partial charge in [-0.15, -0.1) is 0 Å². The highest BCUT2D eigenvalue weighted by Crippen LogP contribution is 2.50. The van der Waals surface area contributed by atoms with E-state index in [0.29, 0.717) is 48.7 Å². The molecule has 0 radical (unpaired) electrons. The Kier molecular flexibility index (Phi) is 6.95. The van der Waals surface area contributed by atoms with Gasteiger partial charge in [0.25, 0.3) is 5.91 Å². The van der Waals surface area contributed by atoms with Gasteiger partial charge in [-0.2, -0.15) is 4.98 Å². The standard InChI is InChI=1S/C30H34N6O5/c1-3-29(4-2)17-35(15-19-5-7-20(8-6-19)26-31-18-41-34-26)14-13-30(29,40)24-11-9-21-22(32-24)16-36(28(21)39)23-10-12-25(37)33-27(23)38/h5-9,11,18,23,40H,3-4,10,12-17H2,1-2H3,(H,33,37,38)/t23-,30+/m0/s1. The molecule has 0 bridgehead atoms. The average Bonchev–Trinajstić information content (AvgIpc) is 3.63. The van der Waals surface area contributed by atoms with Crippen molar-refractivity contribution in [3.05, 3.63) is 65.3 Å². The fraction of sp³-hybridized carbons (Fsp3) is 0.467. The molecule has 41 heavy (non-hydrogen) atoms. The molecule has 2 saturated heterocycles. The van der Waals surface area contributed by atoms with Crippen LogP contribution in [0.15, 0.2) is 47.3 Å². The number of hydrogen-bond acceptors (Lipinski definition) is 9. The number of piperidine rings is 2. The van der Waals surface area contributed by atoms with Gasteiger partial charge < -0.3 is 14.5 Å². The van der Waals surface area contributed by atoms with Crippen LogP contribution in [-0.4, -0.2) is 66.9 Å². The normalized spacial score (nSPS) is 24.4. The van der Waals surface area contributed by atoms with Crippen molar-refractivity contribution in [3.8, 4) is 11.4 Å². The Bertz CT molecular complexity index is 1470. The molecule has 5 heterocycles. The zero-order chi connectivity index (χ0) is 28.8. The van der Waals surface area contributed by atoms with Gasteiger partial charge in [-0.3, -0.25) is 29.6 Å². The van der Waals surface area contributed by atoms with Gasteiger partial charge in [0.05, 0.1) is 23.5 Å². The molecular weight excluding hydrogens is 524 g/mol. The van der Waals surface area contributed by atoms with E-state index in [9.17, 15) is 19.5 Å². The van der Waals surface area contributed by atoms with Crippen LogP contribution in [0.25, 0.3) is 11.4 Å². The number of carbonyl (C=O) groups is 3. The Hall–Kier alpha value is -3.96. The lowest BCUT2D eigenvalue weighted by atomic mass is 9.62. The van der Waals surface area contributed by atoms with Crippen LogP contribution in [-0.2, 0) is 28.3 Å². The van der Waals surface area contributed by atoms with Gasteiger partial charge in [0.15, 0.2) is 0 Å². The molecule has 3 amide bonds. The van der Waals surface area contributed by atoms with Crippen LogP contribution < -0.4 is 5.32 Å². The van der Waals surface area contributed by atoms with Gasteiger partial charge in [0, 0.05) is 37.0 Å². The van der Waals surface area contributed by atoms with Crippen molar-refractivity contribution < 1.29 is 24.0 Å². The summed E-state index contributed by atoms with van der Waals surface area (Å²) in [6, 6.07) is 10.9. The number of likely N-dealkylation sites (tertiary alicyclic amines) is 1. The molecule has 3 aliphatic rings. The van der Waals surface area contributed by atoms with Crippen molar-refractivity contribution in [2.45, 2.75) is 70.7 Å². The Balaban J connectivity index is 1.21. The Morgan fingerprint density at radius 2 is 1.88 bits per heavy atom. The maximum Gasteiger partial charge on any atom is 0.256 e. The number of aromatic nitrogens is 3. The first-order valence-electron chi connectivity index (χ1n) is 14.2. The van der Waals surface area contributed by atoms with Crippen LogP contribution in [0.5, 0.6) is 0 Å². The molecule has 2 fully saturated rings. The predicted octanol–water partition coefficient (Wildman–Crippen LogP) is 2.79. The summed E-state index contributed by atoms with van der Waals surface area (Å²) in [5.41, 5.74) is 2.02. The number of fused-ring (bicyclic) bond motifs is 1. The van der Waals surface area contributed by atoms with Crippen LogP contribution in [0, 0.1) is 5.41 Å². The van der Waals surface area contributed by atoms with E-state index in [-0.39, 0.29) is 24.8 Å². The van der Waals surface area contributed by atoms with E-state index in [0.717, 1.165) is 30.5 Å². The summed E-state index contributed by atoms with van der Waals surface area (Å²) in [6.07, 6.45) is 3.83. The molecule has 11 nitrogen and oxygen atoms in total. The molecule has 0 unspecified atom stereocenters. The van der Waals surface area contributed by atoms with Crippen molar-refractivity contribution in [3.63, 3.8) is 0 Å². The van der Waals surface area contributed by atoms with Gasteiger partial charge in [-0.05, 0) is 43.4 Å². The van der Waals surface area contributed by atoms with Crippen molar-refractivity contribution >= 4 is 17.7 Å². The number of carbonyl (C=O) groups excluding carboxylic acids is 3. The second kappa shape index (κ2) is 10.5. The highest BCUT2D eigenvalue weighted by molar-refractivity contribution is 6.05. The van der Waals surface area contributed by atoms with Gasteiger partial charge in [0.2, 0.25) is 24.0 Å². The summed E-state index contributed by atoms with van der Waals surface area (Å²) in [5, 5.41) is 18.6. The molecular formula is C30H34N6O5. The van der Waals surface area contributed by atoms with E-state index < -0.39 is 23.0 Å². The Morgan fingerprint density at radius 1 is 1.10 bits per heavy atom. The molecule has 1 aromatic carbocycles. The molecule has 0 saturated carbocycles. The molecule has 0 aliphatic carbocycles. The average molecular weight is 559 g/mol. The number of nitrogens with zero attached hydrogens (tertiary/aromatic N) is 5. The van der Waals surface area contributed by atoms with Crippen LogP contribution in [0.3, 0.4) is 0 Å². The van der Waals surface area contributed by atoms with E-state index >= 15 is 0 Å². The van der Waals surface area contributed by atoms with E-state index in [1.54, 1.807) is 12.1 Å². The lowest BCUT2D eigenvalue weighted by Gasteiger charge is -2.53. The fourth-order valence-electron chi connectivity index (χ4n) is 6.80. The third-order valence-electron chi connectivity index (χ3n) is 9.32. The molecule has 6 rings (SSSR count). The molecule has 2 N–H and O–H groups in total. The highest BCUT2D eigenvalue weighted by Gasteiger charge is 2.54. The monoisotopic (exact) mass is 558 g/mol. The van der Waals surface area contributed by atoms with Crippen LogP contribution >= 0.6 is 0 Å². The number of imide groups is 1. The zero-order valence-corrected chi connectivity index (χ0v) is 23.3. The maximum atomic E-state index is 13.2. The molecule has 2 atom stereocenters. The van der Waals surface area contributed by atoms with Crippen molar-refractivity contribution in [1.29, 1.82) is 0 Å². The molecule has 3 aromatic rings. The zero-order valence-electron chi connectivity index (χ0n) is 23.3. The van der Waals surface area contributed by atoms with Crippen LogP contribution in [0.4, 0.5) is 0 Å². The summed E-state index contributed by atoms with van der Waals surface area (Å²) in [5.74, 6) is -0.480. The van der Waals surface area contributed by atoms with E-state index in [2.05, 4.69) is 46.3 Å². The minimum Gasteiger partial charge on any atom is -0.383 e. The number of pyridine rings is 1. The van der Waals surface area contributed by atoms with Crippen molar-refractivity contribution in [2.24, 2.45) is 5.41 Å². The molecule has 214 valence electrons. The fourth-order valence-corrected chi connectivity index (χ4v) is 6.80. The molecule has 3 aliphatic heterocycles. The number of nitrogens with one attached hydrogen (secondary N) is 1. The van der Waals surface area contributed by atoms with Crippen LogP contribution in [0.2, 0.25) is 0 Å². The third kappa shape index (κ3) is 4.62. The minimum atomic E-state index is -1.17. The topological polar surface area (TPSA) is 142 Å². The second-order valence-corrected chi connectivity index (χ2v) is 11.4. The smallest absolute Gasteiger partial charge is 0.256 e. The van der Waals surface area contributed by atoms with Gasteiger partial charge >= 0.3 is 0 Å². The number of hydrogen-bond donors (Lipinski definition) is 2. The Labute approximate surface area is 237 Å². The van der Waals surface area contributed by atoms with Gasteiger partial charge in [-0.1, -0.05) is 43.3 Å². The number of amides is 3. The van der Waals surface area contributed by atoms with E-state index in [1.807, 2.05) is 12.1 Å². The Morgan fingerprint density at radius 3 is 2.56 bits per heavy atom. The molecule has 11 heteroatoms. The van der Waals surface area contributed by atoms with Crippen molar-refractivity contribution in [2.75, 3.05) is 13.1 Å². The summed E-state index contributed by atoms with van der Waals surface area (Å²) < 4.78 is 4.85. The SMILES string of the molecule is CCC1(CC)CN(Cc2ccc(-c3ncon3)cc2)CC[C@@]1(O)c1ccc2c(n1)CN([C@H]1CCC(=O)NC1=O)C2=O. The maximum absolute atomic E-state index is 13.2. The first kappa shape index (κ1) is 27.2. The summed E-state index contributed by atoms with van der Waals surface area (Å²) in [6.45, 7) is 6.53. The van der Waals surface area contributed by atoms with E-state index in [4.69, 9.17) is 9.51 Å². The summed E-state index contributed by atoms with van der Waals surface area (Å²) in [4.78, 5) is 50.1. The first-order valence-corrected chi connectivity index (χ1v) is 14.2. The predicted molar refractivity (Wildman–Crippen MR) is 147 cm³/mol. The number of rotatable bonds is 7. The van der Waals surface area contributed by atoms with E-state index in [1.165, 1.54) is 11.3 Å². The van der Waals surface area contributed by atoms with Crippen molar-refractivity contribution in [1.82, 2.24) is 30.2 Å². The lowest BCUT2D eigenvalue weighted by Crippen LogP contribution is -2.57. The first-order chi connectivity index (χ1) is 19.8. The third-order valence-corrected chi connectivity index (χ3v) is 9.32. The number of benzene rings is 1. The summed E-state index contributed by atoms with van der Waals surface area (Å²) in [7, 11) is 0. The lowest BCUT2D eigenvalue weighted by molar-refractivity contribution is -0.151. The van der Waals surface area contributed by atoms with Gasteiger partial charge in [0.1, 0.15) is 11.6 Å².